The molecule has 5 nitrogen and oxygen atoms in total. The predicted octanol–water partition coefficient (Wildman–Crippen LogP) is 0.770. The Bertz CT molecular complexity index is 409. The second-order valence-corrected chi connectivity index (χ2v) is 3.94. The molecule has 80 valence electrons. The van der Waals surface area contributed by atoms with E-state index in [1.54, 1.807) is 10.7 Å². The third-order valence-electron chi connectivity index (χ3n) is 2.38. The average molecular weight is 207 g/mol. The second-order valence-electron chi connectivity index (χ2n) is 3.94. The molecular formula is C10H13N3O2. The highest BCUT2D eigenvalue weighted by molar-refractivity contribution is 6.14. The highest BCUT2D eigenvalue weighted by Crippen LogP contribution is 2.18. The molecule has 0 N–H and O–H groups in total. The summed E-state index contributed by atoms with van der Waals surface area (Å²) in [4.78, 5) is 23.9. The monoisotopic (exact) mass is 207 g/mol. The molecule has 0 aromatic carbocycles. The molecule has 1 amide bonds. The fraction of sp³-hybridized carbons (Fsp3) is 0.500. The number of nitrogens with zero attached hydrogens (tertiary/aromatic N) is 3. The van der Waals surface area contributed by atoms with Crippen LogP contribution in [-0.4, -0.2) is 28.0 Å². The molecule has 0 saturated carbocycles. The Labute approximate surface area is 87.7 Å². The Morgan fingerprint density at radius 1 is 1.40 bits per heavy atom. The van der Waals surface area contributed by atoms with Crippen molar-refractivity contribution in [2.75, 3.05) is 11.4 Å². The van der Waals surface area contributed by atoms with Gasteiger partial charge in [0.2, 0.25) is 5.91 Å². The summed E-state index contributed by atoms with van der Waals surface area (Å²) in [7, 11) is 0. The molecule has 1 aromatic rings. The molecule has 1 aliphatic heterocycles. The van der Waals surface area contributed by atoms with E-state index in [4.69, 9.17) is 0 Å². The van der Waals surface area contributed by atoms with Crippen LogP contribution in [0.5, 0.6) is 0 Å². The van der Waals surface area contributed by atoms with Gasteiger partial charge in [-0.15, -0.1) is 0 Å². The Hall–Kier alpha value is -1.65. The Kier molecular flexibility index (Phi) is 2.30. The van der Waals surface area contributed by atoms with Crippen molar-refractivity contribution in [2.24, 2.45) is 0 Å². The highest BCUT2D eigenvalue weighted by atomic mass is 16.2. The number of amides is 1. The van der Waals surface area contributed by atoms with Crippen molar-refractivity contribution in [3.8, 4) is 0 Å². The number of hydrogen-bond donors (Lipinski definition) is 0. The van der Waals surface area contributed by atoms with Gasteiger partial charge < -0.3 is 0 Å². The predicted molar refractivity (Wildman–Crippen MR) is 54.6 cm³/mol. The summed E-state index contributed by atoms with van der Waals surface area (Å²) in [5, 5.41) is 4.25. The molecule has 5 heteroatoms. The highest BCUT2D eigenvalue weighted by Gasteiger charge is 2.29. The lowest BCUT2D eigenvalue weighted by molar-refractivity contribution is -0.121. The minimum atomic E-state index is -0.158. The maximum atomic E-state index is 11.4. The van der Waals surface area contributed by atoms with E-state index in [-0.39, 0.29) is 30.7 Å². The lowest BCUT2D eigenvalue weighted by Gasteiger charge is -2.10. The minimum absolute atomic E-state index is 0.00847. The number of Topliss-reactive ketones (excluding diaryl/α,β-unsaturated/α-hetero) is 1. The van der Waals surface area contributed by atoms with Crippen molar-refractivity contribution in [3.63, 3.8) is 0 Å². The van der Waals surface area contributed by atoms with Gasteiger partial charge in [-0.2, -0.15) is 5.10 Å². The zero-order chi connectivity index (χ0) is 11.0. The molecule has 2 heterocycles. The molecule has 1 aromatic heterocycles. The average Bonchev–Trinajstić information content (AvgIpc) is 2.71. The van der Waals surface area contributed by atoms with Crippen LogP contribution in [0.1, 0.15) is 26.3 Å². The first-order valence-corrected chi connectivity index (χ1v) is 4.95. The lowest BCUT2D eigenvalue weighted by Crippen LogP contribution is -2.25. The molecule has 1 fully saturated rings. The number of aromatic nitrogens is 2. The van der Waals surface area contributed by atoms with Crippen LogP contribution in [0.3, 0.4) is 0 Å². The standard InChI is InChI=1S/C10H13N3O2/c1-7(2)13-4-3-9(11-13)12-6-8(14)5-10(12)15/h3-4,7H,5-6H2,1-2H3. The zero-order valence-electron chi connectivity index (χ0n) is 8.80. The summed E-state index contributed by atoms with van der Waals surface area (Å²) in [6.07, 6.45) is 1.82. The van der Waals surface area contributed by atoms with Gasteiger partial charge >= 0.3 is 0 Å². The number of rotatable bonds is 2. The maximum Gasteiger partial charge on any atom is 0.236 e. The van der Waals surface area contributed by atoms with Crippen LogP contribution in [-0.2, 0) is 9.59 Å². The minimum Gasteiger partial charge on any atom is -0.297 e. The number of carbonyl (C=O) groups is 2. The number of carbonyl (C=O) groups excluding carboxylic acids is 2. The van der Waals surface area contributed by atoms with Crippen molar-refractivity contribution >= 4 is 17.5 Å². The number of anilines is 1. The zero-order valence-corrected chi connectivity index (χ0v) is 8.80. The first kappa shape index (κ1) is 9.89. The van der Waals surface area contributed by atoms with Gasteiger partial charge in [-0.05, 0) is 13.8 Å². The van der Waals surface area contributed by atoms with Crippen LogP contribution in [0.4, 0.5) is 5.82 Å². The summed E-state index contributed by atoms with van der Waals surface area (Å²) in [5.41, 5.74) is 0. The normalized spacial score (nSPS) is 16.9. The van der Waals surface area contributed by atoms with Crippen molar-refractivity contribution < 1.29 is 9.59 Å². The first-order valence-electron chi connectivity index (χ1n) is 4.95. The van der Waals surface area contributed by atoms with Gasteiger partial charge in [0.05, 0.1) is 13.0 Å². The van der Waals surface area contributed by atoms with E-state index in [0.717, 1.165) is 0 Å². The molecule has 1 aliphatic rings. The van der Waals surface area contributed by atoms with Gasteiger partial charge in [0.25, 0.3) is 0 Å². The van der Waals surface area contributed by atoms with Crippen LogP contribution in [0.15, 0.2) is 12.3 Å². The molecule has 15 heavy (non-hydrogen) atoms. The van der Waals surface area contributed by atoms with Crippen LogP contribution in [0.25, 0.3) is 0 Å². The fourth-order valence-corrected chi connectivity index (χ4v) is 1.55. The summed E-state index contributed by atoms with van der Waals surface area (Å²) < 4.78 is 1.77. The first-order chi connectivity index (χ1) is 7.08. The fourth-order valence-electron chi connectivity index (χ4n) is 1.55. The maximum absolute atomic E-state index is 11.4. The largest absolute Gasteiger partial charge is 0.297 e. The van der Waals surface area contributed by atoms with Gasteiger partial charge in [-0.25, -0.2) is 0 Å². The molecule has 2 rings (SSSR count). The summed E-state index contributed by atoms with van der Waals surface area (Å²) in [5.74, 6) is 0.368. The number of ketones is 1. The van der Waals surface area contributed by atoms with E-state index in [0.29, 0.717) is 5.82 Å². The van der Waals surface area contributed by atoms with Gasteiger partial charge in [0, 0.05) is 18.3 Å². The third kappa shape index (κ3) is 1.77. The van der Waals surface area contributed by atoms with Crippen LogP contribution in [0, 0.1) is 0 Å². The van der Waals surface area contributed by atoms with Gasteiger partial charge in [0.1, 0.15) is 0 Å². The van der Waals surface area contributed by atoms with E-state index < -0.39 is 0 Å². The van der Waals surface area contributed by atoms with Crippen LogP contribution in [0.2, 0.25) is 0 Å². The van der Waals surface area contributed by atoms with E-state index in [1.165, 1.54) is 4.90 Å². The topological polar surface area (TPSA) is 55.2 Å². The van der Waals surface area contributed by atoms with E-state index >= 15 is 0 Å². The molecule has 0 spiro atoms. The van der Waals surface area contributed by atoms with E-state index in [9.17, 15) is 9.59 Å². The Morgan fingerprint density at radius 2 is 2.13 bits per heavy atom. The van der Waals surface area contributed by atoms with Crippen molar-refractivity contribution in [3.05, 3.63) is 12.3 Å². The molecule has 0 atom stereocenters. The SMILES string of the molecule is CC(C)n1ccc(N2CC(=O)CC2=O)n1. The number of hydrogen-bond acceptors (Lipinski definition) is 3. The van der Waals surface area contributed by atoms with Crippen molar-refractivity contribution in [2.45, 2.75) is 26.3 Å². The molecule has 1 saturated heterocycles. The van der Waals surface area contributed by atoms with E-state index in [1.807, 2.05) is 20.0 Å². The lowest BCUT2D eigenvalue weighted by atomic mass is 10.3. The molecule has 0 aliphatic carbocycles. The van der Waals surface area contributed by atoms with Gasteiger partial charge in [0.15, 0.2) is 11.6 Å². The van der Waals surface area contributed by atoms with Crippen LogP contribution >= 0.6 is 0 Å². The third-order valence-corrected chi connectivity index (χ3v) is 2.38. The molecular weight excluding hydrogens is 194 g/mol. The molecule has 0 radical (unpaired) electrons. The summed E-state index contributed by atoms with van der Waals surface area (Å²) in [6.45, 7) is 4.18. The van der Waals surface area contributed by atoms with Gasteiger partial charge in [-0.1, -0.05) is 0 Å². The second kappa shape index (κ2) is 3.49. The quantitative estimate of drug-likeness (QED) is 0.673. The van der Waals surface area contributed by atoms with Crippen molar-refractivity contribution in [1.82, 2.24) is 9.78 Å². The molecule has 0 bridgehead atoms. The van der Waals surface area contributed by atoms with E-state index in [2.05, 4.69) is 5.10 Å². The van der Waals surface area contributed by atoms with Crippen LogP contribution < -0.4 is 4.90 Å². The molecule has 0 unspecified atom stereocenters. The van der Waals surface area contributed by atoms with Gasteiger partial charge in [-0.3, -0.25) is 19.2 Å². The Morgan fingerprint density at radius 3 is 2.60 bits per heavy atom. The Balaban J connectivity index is 2.23. The summed E-state index contributed by atoms with van der Waals surface area (Å²) in [6, 6.07) is 2.02. The smallest absolute Gasteiger partial charge is 0.236 e. The van der Waals surface area contributed by atoms with Crippen molar-refractivity contribution in [1.29, 1.82) is 0 Å². The summed E-state index contributed by atoms with van der Waals surface area (Å²) >= 11 is 0.